The molecule has 3 rings (SSSR count). The lowest BCUT2D eigenvalue weighted by atomic mass is 9.92. The van der Waals surface area contributed by atoms with Crippen LogP contribution in [0.3, 0.4) is 0 Å². The Morgan fingerprint density at radius 1 is 1.09 bits per heavy atom. The SMILES string of the molecule is CC(C)CN(CC(=O)Nc1cc(C(C)(C)C)nn1-c1ccc(Cl)cc1)C(=O)/C=C/c1ccccc1. The van der Waals surface area contributed by atoms with Gasteiger partial charge in [-0.15, -0.1) is 0 Å². The summed E-state index contributed by atoms with van der Waals surface area (Å²) in [6.45, 7) is 10.6. The number of carbonyl (C=O) groups excluding carboxylic acids is 2. The highest BCUT2D eigenvalue weighted by atomic mass is 35.5. The number of carbonyl (C=O) groups is 2. The van der Waals surface area contributed by atoms with Crippen molar-refractivity contribution in [1.82, 2.24) is 14.7 Å². The van der Waals surface area contributed by atoms with Crippen LogP contribution in [0, 0.1) is 5.92 Å². The van der Waals surface area contributed by atoms with E-state index in [2.05, 4.69) is 26.1 Å². The molecule has 0 unspecified atom stereocenters. The molecule has 7 heteroatoms. The van der Waals surface area contributed by atoms with E-state index >= 15 is 0 Å². The molecule has 1 heterocycles. The first kappa shape index (κ1) is 26.2. The normalized spacial score (nSPS) is 11.7. The fourth-order valence-electron chi connectivity index (χ4n) is 3.48. The summed E-state index contributed by atoms with van der Waals surface area (Å²) in [5, 5.41) is 8.31. The molecule has 0 saturated heterocycles. The molecule has 0 aliphatic carbocycles. The van der Waals surface area contributed by atoms with Crippen molar-refractivity contribution in [3.8, 4) is 5.69 Å². The molecule has 2 aromatic carbocycles. The van der Waals surface area contributed by atoms with E-state index in [1.807, 2.05) is 62.4 Å². The van der Waals surface area contributed by atoms with Crippen LogP contribution in [0.4, 0.5) is 5.82 Å². The summed E-state index contributed by atoms with van der Waals surface area (Å²) < 4.78 is 1.69. The first-order valence-electron chi connectivity index (χ1n) is 11.7. The highest BCUT2D eigenvalue weighted by Gasteiger charge is 2.23. The number of hydrogen-bond acceptors (Lipinski definition) is 3. The van der Waals surface area contributed by atoms with Gasteiger partial charge in [0, 0.05) is 29.1 Å². The monoisotopic (exact) mass is 492 g/mol. The molecule has 0 aliphatic rings. The van der Waals surface area contributed by atoms with Crippen LogP contribution in [0.5, 0.6) is 0 Å². The molecular weight excluding hydrogens is 460 g/mol. The Kier molecular flexibility index (Phi) is 8.52. The molecule has 6 nitrogen and oxygen atoms in total. The summed E-state index contributed by atoms with van der Waals surface area (Å²) in [4.78, 5) is 27.6. The standard InChI is InChI=1S/C28H33ClN4O2/c1-20(2)18-32(27(35)16-11-21-9-7-6-8-10-21)19-26(34)30-25-17-24(28(3,4)5)31-33(25)23-14-12-22(29)13-15-23/h6-17,20H,18-19H2,1-5H3,(H,30,34)/b16-11+. The number of rotatable bonds is 8. The maximum atomic E-state index is 13.1. The minimum absolute atomic E-state index is 0.0627. The topological polar surface area (TPSA) is 67.2 Å². The Hall–Kier alpha value is -3.38. The van der Waals surface area contributed by atoms with Crippen LogP contribution >= 0.6 is 11.6 Å². The van der Waals surface area contributed by atoms with Gasteiger partial charge in [-0.3, -0.25) is 9.59 Å². The van der Waals surface area contributed by atoms with Crippen molar-refractivity contribution in [3.05, 3.63) is 83.0 Å². The van der Waals surface area contributed by atoms with E-state index < -0.39 is 0 Å². The van der Waals surface area contributed by atoms with Gasteiger partial charge in [-0.1, -0.05) is 76.6 Å². The summed E-state index contributed by atoms with van der Waals surface area (Å²) in [7, 11) is 0. The quantitative estimate of drug-likeness (QED) is 0.394. The molecule has 0 aliphatic heterocycles. The van der Waals surface area contributed by atoms with Crippen LogP contribution in [-0.2, 0) is 15.0 Å². The van der Waals surface area contributed by atoms with Crippen LogP contribution in [0.15, 0.2) is 66.7 Å². The molecule has 0 radical (unpaired) electrons. The number of aromatic nitrogens is 2. The van der Waals surface area contributed by atoms with E-state index in [0.717, 1.165) is 16.9 Å². The smallest absolute Gasteiger partial charge is 0.247 e. The van der Waals surface area contributed by atoms with E-state index in [-0.39, 0.29) is 29.7 Å². The maximum absolute atomic E-state index is 13.1. The van der Waals surface area contributed by atoms with Crippen molar-refractivity contribution in [2.75, 3.05) is 18.4 Å². The van der Waals surface area contributed by atoms with E-state index in [9.17, 15) is 9.59 Å². The van der Waals surface area contributed by atoms with E-state index in [4.69, 9.17) is 16.7 Å². The molecule has 0 fully saturated rings. The molecule has 35 heavy (non-hydrogen) atoms. The molecule has 1 aromatic heterocycles. The van der Waals surface area contributed by atoms with Gasteiger partial charge in [0.15, 0.2) is 0 Å². The fourth-order valence-corrected chi connectivity index (χ4v) is 3.61. The highest BCUT2D eigenvalue weighted by Crippen LogP contribution is 2.27. The van der Waals surface area contributed by atoms with E-state index in [0.29, 0.717) is 17.4 Å². The van der Waals surface area contributed by atoms with Crippen LogP contribution in [0.2, 0.25) is 5.02 Å². The van der Waals surface area contributed by atoms with Crippen LogP contribution in [0.1, 0.15) is 45.9 Å². The molecule has 0 bridgehead atoms. The summed E-state index contributed by atoms with van der Waals surface area (Å²) in [6, 6.07) is 18.7. The maximum Gasteiger partial charge on any atom is 0.247 e. The van der Waals surface area contributed by atoms with Crippen molar-refractivity contribution in [3.63, 3.8) is 0 Å². The van der Waals surface area contributed by atoms with Crippen molar-refractivity contribution in [2.45, 2.75) is 40.0 Å². The van der Waals surface area contributed by atoms with Gasteiger partial charge in [0.05, 0.1) is 11.4 Å². The first-order chi connectivity index (χ1) is 16.5. The second-order valence-electron chi connectivity index (χ2n) is 9.96. The van der Waals surface area contributed by atoms with Gasteiger partial charge in [-0.2, -0.15) is 5.10 Å². The molecular formula is C28H33ClN4O2. The number of nitrogens with zero attached hydrogens (tertiary/aromatic N) is 3. The van der Waals surface area contributed by atoms with Gasteiger partial charge < -0.3 is 10.2 Å². The minimum atomic E-state index is -0.289. The van der Waals surface area contributed by atoms with Crippen molar-refractivity contribution >= 4 is 35.3 Å². The number of hydrogen-bond donors (Lipinski definition) is 1. The van der Waals surface area contributed by atoms with Crippen LogP contribution in [-0.4, -0.2) is 39.6 Å². The van der Waals surface area contributed by atoms with Gasteiger partial charge in [0.2, 0.25) is 11.8 Å². The number of halogens is 1. The molecule has 3 aromatic rings. The Morgan fingerprint density at radius 2 is 1.74 bits per heavy atom. The number of benzene rings is 2. The second-order valence-corrected chi connectivity index (χ2v) is 10.4. The summed E-state index contributed by atoms with van der Waals surface area (Å²) in [6.07, 6.45) is 3.28. The van der Waals surface area contributed by atoms with Crippen LogP contribution < -0.4 is 5.32 Å². The first-order valence-corrected chi connectivity index (χ1v) is 12.1. The fraction of sp³-hybridized carbons (Fsp3) is 0.321. The summed E-state index contributed by atoms with van der Waals surface area (Å²) in [5.74, 6) is 0.255. The third-order valence-corrected chi connectivity index (χ3v) is 5.52. The zero-order valence-electron chi connectivity index (χ0n) is 21.0. The lowest BCUT2D eigenvalue weighted by Crippen LogP contribution is -2.39. The summed E-state index contributed by atoms with van der Waals surface area (Å²) in [5.41, 5.74) is 2.33. The molecule has 0 saturated carbocycles. The molecule has 0 spiro atoms. The molecule has 1 N–H and O–H groups in total. The Morgan fingerprint density at radius 3 is 2.34 bits per heavy atom. The lowest BCUT2D eigenvalue weighted by Gasteiger charge is -2.23. The lowest BCUT2D eigenvalue weighted by molar-refractivity contribution is -0.131. The van der Waals surface area contributed by atoms with Crippen molar-refractivity contribution in [1.29, 1.82) is 0 Å². The zero-order valence-corrected chi connectivity index (χ0v) is 21.7. The second kappa shape index (κ2) is 11.4. The molecule has 184 valence electrons. The van der Waals surface area contributed by atoms with Gasteiger partial charge >= 0.3 is 0 Å². The molecule has 0 atom stereocenters. The number of anilines is 1. The minimum Gasteiger partial charge on any atom is -0.330 e. The average Bonchev–Trinajstić information content (AvgIpc) is 3.22. The third kappa shape index (κ3) is 7.55. The largest absolute Gasteiger partial charge is 0.330 e. The van der Waals surface area contributed by atoms with Gasteiger partial charge in [0.25, 0.3) is 0 Å². The number of nitrogens with one attached hydrogen (secondary N) is 1. The van der Waals surface area contributed by atoms with E-state index in [1.54, 1.807) is 27.8 Å². The van der Waals surface area contributed by atoms with Gasteiger partial charge in [0.1, 0.15) is 12.4 Å². The average molecular weight is 493 g/mol. The highest BCUT2D eigenvalue weighted by molar-refractivity contribution is 6.30. The Bertz CT molecular complexity index is 1180. The van der Waals surface area contributed by atoms with Crippen molar-refractivity contribution in [2.24, 2.45) is 5.92 Å². The van der Waals surface area contributed by atoms with Gasteiger partial charge in [-0.25, -0.2) is 4.68 Å². The summed E-state index contributed by atoms with van der Waals surface area (Å²) >= 11 is 6.05. The molecule has 2 amide bonds. The van der Waals surface area contributed by atoms with Crippen LogP contribution in [0.25, 0.3) is 11.8 Å². The third-order valence-electron chi connectivity index (χ3n) is 5.27. The van der Waals surface area contributed by atoms with E-state index in [1.165, 1.54) is 6.08 Å². The Balaban J connectivity index is 1.81. The van der Waals surface area contributed by atoms with Crippen molar-refractivity contribution < 1.29 is 9.59 Å². The predicted molar refractivity (Wildman–Crippen MR) is 143 cm³/mol. The Labute approximate surface area is 212 Å². The van der Waals surface area contributed by atoms with Gasteiger partial charge in [-0.05, 0) is 41.8 Å². The predicted octanol–water partition coefficient (Wildman–Crippen LogP) is 5.96. The zero-order chi connectivity index (χ0) is 25.6. The number of amides is 2.